The van der Waals surface area contributed by atoms with Crippen LogP contribution in [0.4, 0.5) is 20.2 Å². The predicted octanol–water partition coefficient (Wildman–Crippen LogP) is 5.30. The van der Waals surface area contributed by atoms with Crippen LogP contribution in [0.1, 0.15) is 26.9 Å². The Morgan fingerprint density at radius 3 is 2.57 bits per heavy atom. The van der Waals surface area contributed by atoms with Gasteiger partial charge < -0.3 is 5.32 Å². The van der Waals surface area contributed by atoms with Crippen molar-refractivity contribution < 1.29 is 18.4 Å². The molecule has 0 unspecified atom stereocenters. The Hall–Kier alpha value is -3.19. The lowest BCUT2D eigenvalue weighted by Crippen LogP contribution is -2.28. The fraction of sp³-hybridized carbons (Fsp3) is 0.130. The second-order valence-electron chi connectivity index (χ2n) is 6.90. The van der Waals surface area contributed by atoms with Crippen molar-refractivity contribution in [2.75, 3.05) is 16.0 Å². The second-order valence-corrected chi connectivity index (χ2v) is 7.97. The van der Waals surface area contributed by atoms with E-state index in [-0.39, 0.29) is 28.8 Å². The summed E-state index contributed by atoms with van der Waals surface area (Å²) in [6.07, 6.45) is 0. The molecule has 1 aliphatic heterocycles. The number of nitrogens with zero attached hydrogens (tertiary/aromatic N) is 1. The van der Waals surface area contributed by atoms with Crippen LogP contribution in [0.3, 0.4) is 0 Å². The van der Waals surface area contributed by atoms with Crippen molar-refractivity contribution >= 4 is 35.0 Å². The Bertz CT molecular complexity index is 1120. The van der Waals surface area contributed by atoms with Crippen LogP contribution in [-0.2, 0) is 4.79 Å². The first kappa shape index (κ1) is 20.1. The lowest BCUT2D eigenvalue weighted by atomic mass is 10.1. The number of rotatable bonds is 4. The van der Waals surface area contributed by atoms with E-state index < -0.39 is 5.82 Å². The molecule has 152 valence electrons. The summed E-state index contributed by atoms with van der Waals surface area (Å²) < 4.78 is 27.1. The van der Waals surface area contributed by atoms with Gasteiger partial charge in [-0.15, -0.1) is 11.8 Å². The van der Waals surface area contributed by atoms with Crippen LogP contribution in [0.2, 0.25) is 0 Å². The number of benzene rings is 3. The molecular formula is C23H18F2N2O2S. The molecule has 1 heterocycles. The zero-order valence-corrected chi connectivity index (χ0v) is 16.9. The minimum Gasteiger partial charge on any atom is -0.322 e. The van der Waals surface area contributed by atoms with Crippen molar-refractivity contribution in [1.29, 1.82) is 0 Å². The van der Waals surface area contributed by atoms with Crippen LogP contribution in [0, 0.1) is 18.6 Å². The SMILES string of the molecule is Cc1c(F)cccc1N1C(=O)CS[C@@H]1c1cccc(NC(=O)c2ccc(F)cc2)c1. The molecule has 7 heteroatoms. The Labute approximate surface area is 176 Å². The van der Waals surface area contributed by atoms with Crippen LogP contribution in [0.15, 0.2) is 66.7 Å². The zero-order valence-electron chi connectivity index (χ0n) is 16.1. The molecule has 0 saturated carbocycles. The van der Waals surface area contributed by atoms with Crippen LogP contribution < -0.4 is 10.2 Å². The number of halogens is 2. The monoisotopic (exact) mass is 424 g/mol. The minimum absolute atomic E-state index is 0.0977. The number of nitrogens with one attached hydrogen (secondary N) is 1. The average molecular weight is 424 g/mol. The number of carbonyl (C=O) groups is 2. The molecule has 1 saturated heterocycles. The Morgan fingerprint density at radius 2 is 1.80 bits per heavy atom. The van der Waals surface area contributed by atoms with Crippen molar-refractivity contribution in [3.63, 3.8) is 0 Å². The predicted molar refractivity (Wildman–Crippen MR) is 115 cm³/mol. The third-order valence-electron chi connectivity index (χ3n) is 4.90. The molecular weight excluding hydrogens is 406 g/mol. The van der Waals surface area contributed by atoms with Crippen molar-refractivity contribution in [3.05, 3.63) is 95.1 Å². The molecule has 1 fully saturated rings. The maximum Gasteiger partial charge on any atom is 0.255 e. The number of amides is 2. The van der Waals surface area contributed by atoms with Gasteiger partial charge >= 0.3 is 0 Å². The van der Waals surface area contributed by atoms with Crippen LogP contribution in [0.5, 0.6) is 0 Å². The van der Waals surface area contributed by atoms with Gasteiger partial charge in [0.05, 0.1) is 11.4 Å². The first-order chi connectivity index (χ1) is 14.4. The molecule has 1 N–H and O–H groups in total. The van der Waals surface area contributed by atoms with Gasteiger partial charge in [-0.05, 0) is 61.0 Å². The standard InChI is InChI=1S/C23H18F2N2O2S/c1-14-19(25)6-3-7-20(14)27-21(28)13-30-23(27)16-4-2-5-18(12-16)26-22(29)15-8-10-17(24)11-9-15/h2-12,23H,13H2,1H3,(H,26,29)/t23-/m1/s1. The Balaban J connectivity index is 1.61. The fourth-order valence-corrected chi connectivity index (χ4v) is 4.52. The zero-order chi connectivity index (χ0) is 21.3. The molecule has 1 aliphatic rings. The summed E-state index contributed by atoms with van der Waals surface area (Å²) in [5, 5.41) is 2.46. The third-order valence-corrected chi connectivity index (χ3v) is 6.11. The van der Waals surface area contributed by atoms with E-state index in [1.807, 2.05) is 6.07 Å². The summed E-state index contributed by atoms with van der Waals surface area (Å²) >= 11 is 1.45. The normalized spacial score (nSPS) is 16.0. The highest BCUT2D eigenvalue weighted by molar-refractivity contribution is 8.00. The smallest absolute Gasteiger partial charge is 0.255 e. The van der Waals surface area contributed by atoms with Crippen molar-refractivity contribution in [2.24, 2.45) is 0 Å². The molecule has 4 nitrogen and oxygen atoms in total. The van der Waals surface area contributed by atoms with E-state index in [9.17, 15) is 18.4 Å². The lowest BCUT2D eigenvalue weighted by Gasteiger charge is -2.26. The molecule has 1 atom stereocenters. The summed E-state index contributed by atoms with van der Waals surface area (Å²) in [6, 6.07) is 17.1. The summed E-state index contributed by atoms with van der Waals surface area (Å²) in [6.45, 7) is 1.65. The Morgan fingerprint density at radius 1 is 1.07 bits per heavy atom. The van der Waals surface area contributed by atoms with E-state index in [1.165, 1.54) is 42.1 Å². The number of anilines is 2. The maximum atomic E-state index is 14.1. The third kappa shape index (κ3) is 3.93. The molecule has 0 spiro atoms. The van der Waals surface area contributed by atoms with Crippen LogP contribution in [-0.4, -0.2) is 17.6 Å². The Kier molecular flexibility index (Phi) is 5.55. The number of thioether (sulfide) groups is 1. The van der Waals surface area contributed by atoms with E-state index in [1.54, 1.807) is 42.2 Å². The molecule has 0 aromatic heterocycles. The van der Waals surface area contributed by atoms with Gasteiger partial charge in [-0.1, -0.05) is 18.2 Å². The summed E-state index contributed by atoms with van der Waals surface area (Å²) in [5.74, 6) is -0.952. The van der Waals surface area contributed by atoms with Gasteiger partial charge in [-0.2, -0.15) is 0 Å². The van der Waals surface area contributed by atoms with Crippen molar-refractivity contribution in [2.45, 2.75) is 12.3 Å². The van der Waals surface area contributed by atoms with Crippen molar-refractivity contribution in [3.8, 4) is 0 Å². The molecule has 2 amide bonds. The fourth-order valence-electron chi connectivity index (χ4n) is 3.36. The largest absolute Gasteiger partial charge is 0.322 e. The number of carbonyl (C=O) groups excluding carboxylic acids is 2. The molecule has 0 aliphatic carbocycles. The average Bonchev–Trinajstić information content (AvgIpc) is 3.12. The van der Waals surface area contributed by atoms with Gasteiger partial charge in [0, 0.05) is 16.8 Å². The topological polar surface area (TPSA) is 49.4 Å². The van der Waals surface area contributed by atoms with Gasteiger partial charge in [-0.25, -0.2) is 8.78 Å². The number of hydrogen-bond acceptors (Lipinski definition) is 3. The highest BCUT2D eigenvalue weighted by Gasteiger charge is 2.35. The van der Waals surface area contributed by atoms with E-state index in [4.69, 9.17) is 0 Å². The van der Waals surface area contributed by atoms with Gasteiger partial charge in [0.2, 0.25) is 5.91 Å². The molecule has 3 aromatic rings. The maximum absolute atomic E-state index is 14.1. The molecule has 0 bridgehead atoms. The van der Waals surface area contributed by atoms with Gasteiger partial charge in [0.15, 0.2) is 0 Å². The first-order valence-electron chi connectivity index (χ1n) is 9.29. The lowest BCUT2D eigenvalue weighted by molar-refractivity contribution is -0.115. The molecule has 3 aromatic carbocycles. The minimum atomic E-state index is -0.413. The summed E-state index contributed by atoms with van der Waals surface area (Å²) in [5.41, 5.74) is 2.66. The highest BCUT2D eigenvalue weighted by atomic mass is 32.2. The summed E-state index contributed by atoms with van der Waals surface area (Å²) in [4.78, 5) is 26.6. The van der Waals surface area contributed by atoms with Gasteiger partial charge in [0.1, 0.15) is 17.0 Å². The van der Waals surface area contributed by atoms with E-state index >= 15 is 0 Å². The first-order valence-corrected chi connectivity index (χ1v) is 10.3. The van der Waals surface area contributed by atoms with E-state index in [2.05, 4.69) is 5.32 Å². The van der Waals surface area contributed by atoms with Gasteiger partial charge in [0.25, 0.3) is 5.91 Å². The van der Waals surface area contributed by atoms with E-state index in [0.29, 0.717) is 22.5 Å². The molecule has 30 heavy (non-hydrogen) atoms. The van der Waals surface area contributed by atoms with E-state index in [0.717, 1.165) is 5.56 Å². The molecule has 0 radical (unpaired) electrons. The van der Waals surface area contributed by atoms with Crippen LogP contribution in [0.25, 0.3) is 0 Å². The highest BCUT2D eigenvalue weighted by Crippen LogP contribution is 2.43. The van der Waals surface area contributed by atoms with Crippen molar-refractivity contribution in [1.82, 2.24) is 0 Å². The van der Waals surface area contributed by atoms with Gasteiger partial charge in [-0.3, -0.25) is 14.5 Å². The summed E-state index contributed by atoms with van der Waals surface area (Å²) in [7, 11) is 0. The number of hydrogen-bond donors (Lipinski definition) is 1. The van der Waals surface area contributed by atoms with Crippen LogP contribution >= 0.6 is 11.8 Å². The second kappa shape index (κ2) is 8.28. The molecule has 4 rings (SSSR count). The quantitative estimate of drug-likeness (QED) is 0.618.